The van der Waals surface area contributed by atoms with E-state index in [4.69, 9.17) is 5.11 Å². The van der Waals surface area contributed by atoms with Crippen LogP contribution in [0.3, 0.4) is 0 Å². The Kier molecular flexibility index (Phi) is 3.68. The number of carboxylic acid groups (broad SMARTS) is 1. The zero-order valence-corrected chi connectivity index (χ0v) is 10.6. The van der Waals surface area contributed by atoms with Crippen LogP contribution in [0.25, 0.3) is 0 Å². The topological polar surface area (TPSA) is 86.7 Å². The third kappa shape index (κ3) is 2.59. The maximum atomic E-state index is 11.8. The smallest absolute Gasteiger partial charge is 0.347 e. The molecular weight excluding hydrogens is 252 g/mol. The summed E-state index contributed by atoms with van der Waals surface area (Å²) >= 11 is 0.901. The molecule has 0 aliphatic heterocycles. The molecule has 0 bridgehead atoms. The van der Waals surface area contributed by atoms with E-state index in [1.165, 1.54) is 24.5 Å². The third-order valence-electron chi connectivity index (χ3n) is 1.68. The quantitative estimate of drug-likeness (QED) is 0.774. The Bertz CT molecular complexity index is 504. The maximum absolute atomic E-state index is 11.8. The van der Waals surface area contributed by atoms with Gasteiger partial charge in [-0.15, -0.1) is 16.2 Å². The average Bonchev–Trinajstić information content (AvgIpc) is 2.44. The minimum atomic E-state index is -3.82. The van der Waals surface area contributed by atoms with Gasteiger partial charge in [-0.25, -0.2) is 18.2 Å². The van der Waals surface area contributed by atoms with E-state index >= 15 is 0 Å². The number of nitrogens with zero attached hydrogens (tertiary/aromatic N) is 1. The van der Waals surface area contributed by atoms with Crippen LogP contribution in [0.4, 0.5) is 0 Å². The van der Waals surface area contributed by atoms with Gasteiger partial charge in [-0.1, -0.05) is 0 Å². The van der Waals surface area contributed by atoms with Gasteiger partial charge in [0.15, 0.2) is 0 Å². The number of thiophene rings is 1. The summed E-state index contributed by atoms with van der Waals surface area (Å²) in [5.41, 5.74) is 0.428. The van der Waals surface area contributed by atoms with Crippen molar-refractivity contribution in [2.45, 2.75) is 11.8 Å². The molecule has 0 aromatic carbocycles. The van der Waals surface area contributed by atoms with E-state index in [9.17, 15) is 13.2 Å². The van der Waals surface area contributed by atoms with Gasteiger partial charge in [-0.2, -0.15) is 0 Å². The zero-order valence-electron chi connectivity index (χ0n) is 9.01. The molecule has 0 aliphatic rings. The first-order valence-corrected chi connectivity index (χ1v) is 6.63. The van der Waals surface area contributed by atoms with E-state index in [2.05, 4.69) is 4.83 Å². The second kappa shape index (κ2) is 4.50. The summed E-state index contributed by atoms with van der Waals surface area (Å²) < 4.78 is 23.7. The monoisotopic (exact) mass is 264 g/mol. The average molecular weight is 264 g/mol. The fourth-order valence-electron chi connectivity index (χ4n) is 1.20. The lowest BCUT2D eigenvalue weighted by Crippen LogP contribution is -2.36. The van der Waals surface area contributed by atoms with Crippen molar-refractivity contribution in [1.82, 2.24) is 9.84 Å². The highest BCUT2D eigenvalue weighted by Gasteiger charge is 2.26. The number of sulfonamides is 1. The van der Waals surface area contributed by atoms with E-state index in [-0.39, 0.29) is 9.77 Å². The van der Waals surface area contributed by atoms with Crippen molar-refractivity contribution in [3.8, 4) is 0 Å². The van der Waals surface area contributed by atoms with E-state index in [0.717, 1.165) is 11.3 Å². The fraction of sp³-hybridized carbons (Fsp3) is 0.375. The number of hydrogen-bond donors (Lipinski definition) is 2. The largest absolute Gasteiger partial charge is 0.477 e. The second-order valence-electron chi connectivity index (χ2n) is 3.37. The van der Waals surface area contributed by atoms with Crippen molar-refractivity contribution in [3.05, 3.63) is 15.8 Å². The van der Waals surface area contributed by atoms with Crippen LogP contribution in [0, 0.1) is 6.92 Å². The number of hydrogen-bond acceptors (Lipinski definition) is 5. The molecule has 0 spiro atoms. The number of nitrogens with one attached hydrogen (secondary N) is 1. The summed E-state index contributed by atoms with van der Waals surface area (Å²) in [6.07, 6.45) is 0. The van der Waals surface area contributed by atoms with Crippen molar-refractivity contribution >= 4 is 27.3 Å². The molecule has 1 aromatic heterocycles. The molecule has 0 fully saturated rings. The minimum Gasteiger partial charge on any atom is -0.477 e. The van der Waals surface area contributed by atoms with E-state index < -0.39 is 16.0 Å². The molecule has 0 saturated carbocycles. The summed E-state index contributed by atoms with van der Waals surface area (Å²) in [5, 5.41) is 11.6. The first kappa shape index (κ1) is 13.1. The number of aromatic carboxylic acids is 1. The number of aryl methyl sites for hydroxylation is 1. The molecule has 90 valence electrons. The predicted molar refractivity (Wildman–Crippen MR) is 60.0 cm³/mol. The van der Waals surface area contributed by atoms with Gasteiger partial charge in [0.25, 0.3) is 10.0 Å². The first-order valence-electron chi connectivity index (χ1n) is 4.27. The molecule has 2 N–H and O–H groups in total. The van der Waals surface area contributed by atoms with Crippen molar-refractivity contribution in [2.24, 2.45) is 0 Å². The molecule has 0 aliphatic carbocycles. The van der Waals surface area contributed by atoms with Gasteiger partial charge in [0.05, 0.1) is 0 Å². The van der Waals surface area contributed by atoms with E-state index in [1.54, 1.807) is 6.92 Å². The predicted octanol–water partition coefficient (Wildman–Crippen LogP) is 0.510. The van der Waals surface area contributed by atoms with Gasteiger partial charge >= 0.3 is 5.97 Å². The summed E-state index contributed by atoms with van der Waals surface area (Å²) in [5.74, 6) is -1.24. The number of hydrazine groups is 1. The molecule has 6 nitrogen and oxygen atoms in total. The molecular formula is C8H12N2O4S2. The second-order valence-corrected chi connectivity index (χ2v) is 5.85. The van der Waals surface area contributed by atoms with Crippen LogP contribution >= 0.6 is 11.3 Å². The standard InChI is InChI=1S/C8H12N2O4S2/c1-5-4-15-6(8(11)12)7(5)16(13,14)9-10(2)3/h4,9H,1-3H3,(H,11,12). The molecule has 1 rings (SSSR count). The number of rotatable bonds is 4. The molecule has 0 radical (unpaired) electrons. The van der Waals surface area contributed by atoms with Gasteiger partial charge in [0.1, 0.15) is 9.77 Å². The Hall–Kier alpha value is -0.960. The summed E-state index contributed by atoms with van der Waals surface area (Å²) in [7, 11) is -0.790. The van der Waals surface area contributed by atoms with Crippen LogP contribution in [0.2, 0.25) is 0 Å². The third-order valence-corrected chi connectivity index (χ3v) is 4.57. The lowest BCUT2D eigenvalue weighted by Gasteiger charge is -2.12. The van der Waals surface area contributed by atoms with Crippen molar-refractivity contribution in [3.63, 3.8) is 0 Å². The van der Waals surface area contributed by atoms with E-state index in [1.807, 2.05) is 0 Å². The molecule has 0 amide bonds. The number of carbonyl (C=O) groups is 1. The molecule has 1 aromatic rings. The van der Waals surface area contributed by atoms with Gasteiger partial charge in [-0.3, -0.25) is 0 Å². The molecule has 0 saturated heterocycles. The molecule has 0 atom stereocenters. The van der Waals surface area contributed by atoms with Crippen molar-refractivity contribution < 1.29 is 18.3 Å². The van der Waals surface area contributed by atoms with E-state index in [0.29, 0.717) is 5.56 Å². The molecule has 16 heavy (non-hydrogen) atoms. The summed E-state index contributed by atoms with van der Waals surface area (Å²) in [6, 6.07) is 0. The van der Waals surface area contributed by atoms with Gasteiger partial charge in [-0.05, 0) is 17.9 Å². The Balaban J connectivity index is 3.32. The Morgan fingerprint density at radius 3 is 2.50 bits per heavy atom. The molecule has 8 heteroatoms. The van der Waals surface area contributed by atoms with Gasteiger partial charge < -0.3 is 5.11 Å². The summed E-state index contributed by atoms with van der Waals surface area (Å²) in [4.78, 5) is 12.7. The van der Waals surface area contributed by atoms with Crippen molar-refractivity contribution in [2.75, 3.05) is 14.1 Å². The minimum absolute atomic E-state index is 0.168. The molecule has 0 unspecified atom stereocenters. The van der Waals surface area contributed by atoms with Crippen LogP contribution in [0.1, 0.15) is 15.2 Å². The Labute approximate surface area is 97.5 Å². The zero-order chi connectivity index (χ0) is 12.5. The maximum Gasteiger partial charge on any atom is 0.347 e. The van der Waals surface area contributed by atoms with Crippen LogP contribution < -0.4 is 4.83 Å². The number of carboxylic acids is 1. The van der Waals surface area contributed by atoms with Gasteiger partial charge in [0.2, 0.25) is 0 Å². The SMILES string of the molecule is Cc1csc(C(=O)O)c1S(=O)(=O)NN(C)C. The fourth-order valence-corrected chi connectivity index (χ4v) is 3.92. The Morgan fingerprint density at radius 2 is 2.06 bits per heavy atom. The molecule has 1 heterocycles. The normalized spacial score (nSPS) is 12.0. The highest BCUT2D eigenvalue weighted by atomic mass is 32.2. The van der Waals surface area contributed by atoms with Gasteiger partial charge in [0, 0.05) is 14.1 Å². The van der Waals surface area contributed by atoms with Crippen LogP contribution in [-0.4, -0.2) is 38.6 Å². The highest BCUT2D eigenvalue weighted by Crippen LogP contribution is 2.26. The van der Waals surface area contributed by atoms with Crippen LogP contribution in [0.5, 0.6) is 0 Å². The lowest BCUT2D eigenvalue weighted by atomic mass is 10.3. The Morgan fingerprint density at radius 1 is 1.50 bits per heavy atom. The van der Waals surface area contributed by atoms with Crippen LogP contribution in [-0.2, 0) is 10.0 Å². The lowest BCUT2D eigenvalue weighted by molar-refractivity contribution is 0.0698. The summed E-state index contributed by atoms with van der Waals surface area (Å²) in [6.45, 7) is 1.56. The van der Waals surface area contributed by atoms with Crippen LogP contribution in [0.15, 0.2) is 10.3 Å². The van der Waals surface area contributed by atoms with Crippen molar-refractivity contribution in [1.29, 1.82) is 0 Å². The first-order chi connectivity index (χ1) is 7.25. The highest BCUT2D eigenvalue weighted by molar-refractivity contribution is 7.89.